The number of nitrogens with zero attached hydrogens (tertiary/aromatic N) is 4. The van der Waals surface area contributed by atoms with Crippen LogP contribution in [0.25, 0.3) is 0 Å². The van der Waals surface area contributed by atoms with E-state index < -0.39 is 0 Å². The van der Waals surface area contributed by atoms with Crippen LogP contribution in [0, 0.1) is 17.2 Å². The number of hydrogen-bond acceptors (Lipinski definition) is 6. The fraction of sp³-hybridized carbons (Fsp3) is 0.429. The average Bonchev–Trinajstić information content (AvgIpc) is 2.77. The molecule has 7 heteroatoms. The van der Waals surface area contributed by atoms with E-state index in [1.165, 1.54) is 6.20 Å². The summed E-state index contributed by atoms with van der Waals surface area (Å²) < 4.78 is 5.14. The van der Waals surface area contributed by atoms with E-state index in [9.17, 15) is 10.1 Å². The summed E-state index contributed by atoms with van der Waals surface area (Å²) in [6.45, 7) is 2.33. The van der Waals surface area contributed by atoms with Gasteiger partial charge >= 0.3 is 0 Å². The average molecular weight is 379 g/mol. The third-order valence-electron chi connectivity index (χ3n) is 5.09. The highest BCUT2D eigenvalue weighted by atomic mass is 16.5. The number of hydrogen-bond donors (Lipinski definition) is 1. The number of benzene rings is 1. The number of aryl methyl sites for hydroxylation is 1. The van der Waals surface area contributed by atoms with Crippen LogP contribution in [-0.2, 0) is 11.2 Å². The Bertz CT molecular complexity index is 823. The molecule has 0 spiro atoms. The van der Waals surface area contributed by atoms with Crippen LogP contribution in [0.3, 0.4) is 0 Å². The van der Waals surface area contributed by atoms with Crippen LogP contribution in [0.4, 0.5) is 5.82 Å². The van der Waals surface area contributed by atoms with E-state index in [1.807, 2.05) is 24.3 Å². The van der Waals surface area contributed by atoms with Crippen molar-refractivity contribution in [2.75, 3.05) is 31.6 Å². The van der Waals surface area contributed by atoms with Crippen molar-refractivity contribution in [2.45, 2.75) is 25.7 Å². The van der Waals surface area contributed by atoms with Gasteiger partial charge in [-0.15, -0.1) is 0 Å². The van der Waals surface area contributed by atoms with Gasteiger partial charge in [0, 0.05) is 38.4 Å². The van der Waals surface area contributed by atoms with E-state index in [1.54, 1.807) is 13.3 Å². The van der Waals surface area contributed by atoms with Crippen LogP contribution < -0.4 is 15.0 Å². The molecule has 1 aromatic heterocycles. The molecule has 146 valence electrons. The highest BCUT2D eigenvalue weighted by Crippen LogP contribution is 2.23. The smallest absolute Gasteiger partial charge is 0.220 e. The number of carbonyl (C=O) groups is 1. The first-order valence-corrected chi connectivity index (χ1v) is 9.55. The second-order valence-corrected chi connectivity index (χ2v) is 6.92. The van der Waals surface area contributed by atoms with Crippen molar-refractivity contribution in [2.24, 2.45) is 5.92 Å². The zero-order chi connectivity index (χ0) is 19.8. The lowest BCUT2D eigenvalue weighted by molar-refractivity contribution is -0.121. The monoisotopic (exact) mass is 379 g/mol. The van der Waals surface area contributed by atoms with Crippen molar-refractivity contribution in [3.63, 3.8) is 0 Å². The highest BCUT2D eigenvalue weighted by molar-refractivity contribution is 5.76. The summed E-state index contributed by atoms with van der Waals surface area (Å²) in [4.78, 5) is 22.6. The van der Waals surface area contributed by atoms with Gasteiger partial charge in [0.2, 0.25) is 5.91 Å². The van der Waals surface area contributed by atoms with E-state index >= 15 is 0 Å². The fourth-order valence-electron chi connectivity index (χ4n) is 3.39. The number of methoxy groups -OCH3 is 1. The van der Waals surface area contributed by atoms with Crippen molar-refractivity contribution in [1.29, 1.82) is 5.26 Å². The minimum atomic E-state index is 0.0824. The molecule has 1 fully saturated rings. The molecule has 1 aromatic carbocycles. The van der Waals surface area contributed by atoms with Gasteiger partial charge in [-0.2, -0.15) is 5.26 Å². The predicted octanol–water partition coefficient (Wildman–Crippen LogP) is 2.32. The van der Waals surface area contributed by atoms with Gasteiger partial charge < -0.3 is 15.0 Å². The van der Waals surface area contributed by atoms with Gasteiger partial charge in [0.15, 0.2) is 11.5 Å². The molecule has 0 aliphatic carbocycles. The molecule has 1 aliphatic rings. The van der Waals surface area contributed by atoms with Gasteiger partial charge in [-0.05, 0) is 42.9 Å². The van der Waals surface area contributed by atoms with Gasteiger partial charge in [-0.1, -0.05) is 12.1 Å². The molecule has 1 amide bonds. The summed E-state index contributed by atoms with van der Waals surface area (Å²) in [5.41, 5.74) is 1.49. The van der Waals surface area contributed by atoms with Crippen molar-refractivity contribution < 1.29 is 9.53 Å². The molecule has 1 saturated heterocycles. The Balaban J connectivity index is 1.39. The van der Waals surface area contributed by atoms with E-state index in [2.05, 4.69) is 26.3 Å². The Labute approximate surface area is 165 Å². The number of nitriles is 1. The Kier molecular flexibility index (Phi) is 6.79. The minimum absolute atomic E-state index is 0.0824. The predicted molar refractivity (Wildman–Crippen MR) is 106 cm³/mol. The van der Waals surface area contributed by atoms with Gasteiger partial charge in [0.05, 0.1) is 7.11 Å². The summed E-state index contributed by atoms with van der Waals surface area (Å²) in [5.74, 6) is 2.01. The zero-order valence-electron chi connectivity index (χ0n) is 16.1. The van der Waals surface area contributed by atoms with Gasteiger partial charge in [-0.3, -0.25) is 4.79 Å². The number of aromatic nitrogens is 2. The van der Waals surface area contributed by atoms with E-state index in [-0.39, 0.29) is 5.91 Å². The maximum Gasteiger partial charge on any atom is 0.220 e. The zero-order valence-corrected chi connectivity index (χ0v) is 16.1. The van der Waals surface area contributed by atoms with Crippen LogP contribution >= 0.6 is 0 Å². The number of ether oxygens (including phenoxy) is 1. The maximum absolute atomic E-state index is 12.2. The van der Waals surface area contributed by atoms with E-state index in [0.717, 1.165) is 43.7 Å². The quantitative estimate of drug-likeness (QED) is 0.794. The molecule has 1 N–H and O–H groups in total. The fourth-order valence-corrected chi connectivity index (χ4v) is 3.39. The first-order valence-electron chi connectivity index (χ1n) is 9.55. The van der Waals surface area contributed by atoms with Crippen molar-refractivity contribution in [3.05, 3.63) is 47.9 Å². The molecule has 2 heterocycles. The van der Waals surface area contributed by atoms with Crippen molar-refractivity contribution >= 4 is 11.7 Å². The molecule has 0 atom stereocenters. The summed E-state index contributed by atoms with van der Waals surface area (Å²) in [7, 11) is 1.64. The number of amides is 1. The molecular weight excluding hydrogens is 354 g/mol. The number of carbonyl (C=O) groups excluding carboxylic acids is 1. The topological polar surface area (TPSA) is 91.1 Å². The summed E-state index contributed by atoms with van der Waals surface area (Å²) in [6.07, 6.45) is 6.27. The summed E-state index contributed by atoms with van der Waals surface area (Å²) >= 11 is 0. The molecular formula is C21H25N5O2. The maximum atomic E-state index is 12.2. The molecule has 7 nitrogen and oxygen atoms in total. The van der Waals surface area contributed by atoms with Crippen LogP contribution in [0.5, 0.6) is 5.75 Å². The third-order valence-corrected chi connectivity index (χ3v) is 5.09. The summed E-state index contributed by atoms with van der Waals surface area (Å²) in [5, 5.41) is 12.2. The van der Waals surface area contributed by atoms with Crippen molar-refractivity contribution in [3.8, 4) is 11.8 Å². The standard InChI is InChI=1S/C21H25N5O2/c1-28-18-5-2-16(3-6-18)4-7-20(27)25-15-17-8-12-26(13-9-17)21-19(14-22)23-10-11-24-21/h2-3,5-6,10-11,17H,4,7-9,12-13,15H2,1H3,(H,25,27). The summed E-state index contributed by atoms with van der Waals surface area (Å²) in [6, 6.07) is 9.90. The molecule has 2 aromatic rings. The van der Waals surface area contributed by atoms with Gasteiger partial charge in [0.25, 0.3) is 0 Å². The van der Waals surface area contributed by atoms with Crippen LogP contribution in [0.2, 0.25) is 0 Å². The largest absolute Gasteiger partial charge is 0.497 e. The Morgan fingerprint density at radius 1 is 1.25 bits per heavy atom. The van der Waals surface area contributed by atoms with Crippen LogP contribution in [0.15, 0.2) is 36.7 Å². The minimum Gasteiger partial charge on any atom is -0.497 e. The first-order chi connectivity index (χ1) is 13.7. The van der Waals surface area contributed by atoms with Crippen LogP contribution in [-0.4, -0.2) is 42.6 Å². The van der Waals surface area contributed by atoms with Gasteiger partial charge in [0.1, 0.15) is 11.8 Å². The number of nitrogens with one attached hydrogen (secondary N) is 1. The normalized spacial score (nSPS) is 14.4. The van der Waals surface area contributed by atoms with Crippen molar-refractivity contribution in [1.82, 2.24) is 15.3 Å². The van der Waals surface area contributed by atoms with E-state index in [0.29, 0.717) is 30.4 Å². The highest BCUT2D eigenvalue weighted by Gasteiger charge is 2.22. The third kappa shape index (κ3) is 5.19. The number of rotatable bonds is 7. The van der Waals surface area contributed by atoms with Crippen LogP contribution in [0.1, 0.15) is 30.5 Å². The molecule has 0 bridgehead atoms. The molecule has 0 unspecified atom stereocenters. The second kappa shape index (κ2) is 9.70. The van der Waals surface area contributed by atoms with E-state index in [4.69, 9.17) is 4.74 Å². The molecule has 3 rings (SSSR count). The Morgan fingerprint density at radius 2 is 1.96 bits per heavy atom. The van der Waals surface area contributed by atoms with Gasteiger partial charge in [-0.25, -0.2) is 9.97 Å². The number of piperidine rings is 1. The molecule has 1 aliphatic heterocycles. The first kappa shape index (κ1) is 19.6. The Morgan fingerprint density at radius 3 is 2.64 bits per heavy atom. The molecule has 0 saturated carbocycles. The Hall–Kier alpha value is -3.14. The lowest BCUT2D eigenvalue weighted by Crippen LogP contribution is -2.39. The SMILES string of the molecule is COc1ccc(CCC(=O)NCC2CCN(c3nccnc3C#N)CC2)cc1. The molecule has 0 radical (unpaired) electrons. The lowest BCUT2D eigenvalue weighted by Gasteiger charge is -2.32. The number of anilines is 1. The molecule has 28 heavy (non-hydrogen) atoms. The second-order valence-electron chi connectivity index (χ2n) is 6.92. The lowest BCUT2D eigenvalue weighted by atomic mass is 9.96.